The third kappa shape index (κ3) is 7.39. The number of aliphatic hydroxyl groups is 1. The highest BCUT2D eigenvalue weighted by molar-refractivity contribution is 5.67. The van der Waals surface area contributed by atoms with Crippen LogP contribution in [0, 0.1) is 0 Å². The van der Waals surface area contributed by atoms with Crippen molar-refractivity contribution in [2.75, 3.05) is 26.2 Å². The molecule has 7 heteroatoms. The van der Waals surface area contributed by atoms with Crippen molar-refractivity contribution in [3.05, 3.63) is 83.4 Å². The van der Waals surface area contributed by atoms with E-state index in [0.29, 0.717) is 6.54 Å². The molecular formula is C28H36N2O5. The molecule has 2 saturated heterocycles. The molecule has 188 valence electrons. The van der Waals surface area contributed by atoms with Gasteiger partial charge in [-0.2, -0.15) is 0 Å². The molecule has 1 amide bonds. The monoisotopic (exact) mass is 480 g/mol. The van der Waals surface area contributed by atoms with Crippen LogP contribution in [0.25, 0.3) is 0 Å². The molecule has 2 aliphatic heterocycles. The molecule has 2 aliphatic rings. The van der Waals surface area contributed by atoms with Crippen LogP contribution in [0.2, 0.25) is 0 Å². The third-order valence-corrected chi connectivity index (χ3v) is 6.55. The number of benzene rings is 2. The number of carbonyl (C=O) groups excluding carboxylic acids is 1. The SMILES string of the molecule is C=CCOC(=O)NCc1ccc([C@H]2O[C@@H](CN3CCCCC3)C[C@@H](c3ccc(CO)cc3)O2)cc1. The van der Waals surface area contributed by atoms with Crippen molar-refractivity contribution < 1.29 is 24.1 Å². The standard InChI is InChI=1S/C28H36N2O5/c1-2-16-33-28(32)29-18-21-6-12-24(13-7-21)27-34-25(19-30-14-4-3-5-15-30)17-26(35-27)23-10-8-22(20-31)9-11-23/h2,6-13,25-27,31H,1,3-5,14-20H2,(H,29,32)/t25-,26+,27+/m1/s1. The fourth-order valence-corrected chi connectivity index (χ4v) is 4.62. The van der Waals surface area contributed by atoms with Gasteiger partial charge in [0.05, 0.1) is 18.8 Å². The molecule has 0 bridgehead atoms. The third-order valence-electron chi connectivity index (χ3n) is 6.55. The number of aliphatic hydroxyl groups excluding tert-OH is 1. The number of rotatable bonds is 9. The smallest absolute Gasteiger partial charge is 0.407 e. The van der Waals surface area contributed by atoms with Gasteiger partial charge in [0.1, 0.15) is 6.61 Å². The minimum Gasteiger partial charge on any atom is -0.445 e. The van der Waals surface area contributed by atoms with Gasteiger partial charge in [-0.15, -0.1) is 0 Å². The molecule has 2 N–H and O–H groups in total. The Kier molecular flexibility index (Phi) is 9.31. The van der Waals surface area contributed by atoms with Gasteiger partial charge < -0.3 is 29.5 Å². The van der Waals surface area contributed by atoms with E-state index in [0.717, 1.165) is 48.3 Å². The largest absolute Gasteiger partial charge is 0.445 e. The highest BCUT2D eigenvalue weighted by atomic mass is 16.7. The minimum absolute atomic E-state index is 0.0301. The lowest BCUT2D eigenvalue weighted by Gasteiger charge is -2.39. The average Bonchev–Trinajstić information content (AvgIpc) is 2.91. The number of carbonyl (C=O) groups is 1. The molecule has 2 aromatic rings. The lowest BCUT2D eigenvalue weighted by Crippen LogP contribution is -2.41. The normalized spacial score (nSPS) is 22.9. The molecule has 2 aromatic carbocycles. The molecule has 0 unspecified atom stereocenters. The predicted octanol–water partition coefficient (Wildman–Crippen LogP) is 4.62. The summed E-state index contributed by atoms with van der Waals surface area (Å²) >= 11 is 0. The fraction of sp³-hybridized carbons (Fsp3) is 0.464. The summed E-state index contributed by atoms with van der Waals surface area (Å²) in [5, 5.41) is 12.1. The summed E-state index contributed by atoms with van der Waals surface area (Å²) < 4.78 is 17.8. The Balaban J connectivity index is 1.44. The number of alkyl carbamates (subject to hydrolysis) is 1. The fourth-order valence-electron chi connectivity index (χ4n) is 4.62. The van der Waals surface area contributed by atoms with Crippen LogP contribution >= 0.6 is 0 Å². The number of nitrogens with one attached hydrogen (secondary N) is 1. The molecule has 0 radical (unpaired) electrons. The van der Waals surface area contributed by atoms with Crippen LogP contribution in [0.1, 0.15) is 60.3 Å². The molecule has 0 spiro atoms. The van der Waals surface area contributed by atoms with Crippen LogP contribution in [0.3, 0.4) is 0 Å². The van der Waals surface area contributed by atoms with Crippen molar-refractivity contribution in [2.24, 2.45) is 0 Å². The van der Waals surface area contributed by atoms with E-state index in [2.05, 4.69) is 16.8 Å². The maximum Gasteiger partial charge on any atom is 0.407 e. The lowest BCUT2D eigenvalue weighted by atomic mass is 9.99. The average molecular weight is 481 g/mol. The van der Waals surface area contributed by atoms with Gasteiger partial charge >= 0.3 is 6.09 Å². The first-order valence-electron chi connectivity index (χ1n) is 12.5. The molecule has 0 aromatic heterocycles. The Morgan fingerprint density at radius 3 is 2.40 bits per heavy atom. The van der Waals surface area contributed by atoms with E-state index < -0.39 is 12.4 Å². The van der Waals surface area contributed by atoms with E-state index >= 15 is 0 Å². The molecule has 4 rings (SSSR count). The van der Waals surface area contributed by atoms with Crippen molar-refractivity contribution in [3.63, 3.8) is 0 Å². The summed E-state index contributed by atoms with van der Waals surface area (Å²) in [5.41, 5.74) is 3.89. The Labute approximate surface area is 207 Å². The Morgan fingerprint density at radius 1 is 1.03 bits per heavy atom. The van der Waals surface area contributed by atoms with Crippen LogP contribution < -0.4 is 5.32 Å². The van der Waals surface area contributed by atoms with Crippen LogP contribution in [0.4, 0.5) is 4.79 Å². The number of ether oxygens (including phenoxy) is 3. The molecule has 2 heterocycles. The second kappa shape index (κ2) is 12.8. The van der Waals surface area contributed by atoms with E-state index in [9.17, 15) is 9.90 Å². The van der Waals surface area contributed by atoms with Gasteiger partial charge in [0.15, 0.2) is 6.29 Å². The summed E-state index contributed by atoms with van der Waals surface area (Å²) in [5.74, 6) is 0. The van der Waals surface area contributed by atoms with Crippen LogP contribution in [-0.2, 0) is 27.4 Å². The Bertz CT molecular complexity index is 941. The first-order chi connectivity index (χ1) is 17.1. The Morgan fingerprint density at radius 2 is 1.71 bits per heavy atom. The van der Waals surface area contributed by atoms with Crippen molar-refractivity contribution >= 4 is 6.09 Å². The second-order valence-electron chi connectivity index (χ2n) is 9.19. The zero-order valence-corrected chi connectivity index (χ0v) is 20.2. The summed E-state index contributed by atoms with van der Waals surface area (Å²) in [6.45, 7) is 7.27. The van der Waals surface area contributed by atoms with E-state index in [1.807, 2.05) is 48.5 Å². The van der Waals surface area contributed by atoms with Gasteiger partial charge in [0.25, 0.3) is 0 Å². The Hall–Kier alpha value is -2.71. The number of hydrogen-bond acceptors (Lipinski definition) is 6. The van der Waals surface area contributed by atoms with E-state index in [-0.39, 0.29) is 25.4 Å². The summed E-state index contributed by atoms with van der Waals surface area (Å²) in [7, 11) is 0. The van der Waals surface area contributed by atoms with Gasteiger partial charge in [-0.25, -0.2) is 4.79 Å². The van der Waals surface area contributed by atoms with Gasteiger partial charge in [-0.3, -0.25) is 0 Å². The molecule has 2 fully saturated rings. The van der Waals surface area contributed by atoms with Crippen molar-refractivity contribution in [2.45, 2.75) is 57.3 Å². The van der Waals surface area contributed by atoms with Gasteiger partial charge in [0.2, 0.25) is 0 Å². The zero-order chi connectivity index (χ0) is 24.5. The van der Waals surface area contributed by atoms with Crippen molar-refractivity contribution in [1.82, 2.24) is 10.2 Å². The number of piperidine rings is 1. The van der Waals surface area contributed by atoms with E-state index in [1.54, 1.807) is 0 Å². The number of hydrogen-bond donors (Lipinski definition) is 2. The van der Waals surface area contributed by atoms with Crippen molar-refractivity contribution in [3.8, 4) is 0 Å². The molecule has 35 heavy (non-hydrogen) atoms. The van der Waals surface area contributed by atoms with Crippen LogP contribution in [-0.4, -0.2) is 48.4 Å². The van der Waals surface area contributed by atoms with Gasteiger partial charge in [-0.1, -0.05) is 67.6 Å². The minimum atomic E-state index is -0.472. The molecular weight excluding hydrogens is 444 g/mol. The maximum atomic E-state index is 11.7. The second-order valence-corrected chi connectivity index (χ2v) is 9.19. The van der Waals surface area contributed by atoms with E-state index in [4.69, 9.17) is 14.2 Å². The number of nitrogens with zero attached hydrogens (tertiary/aromatic N) is 1. The quantitative estimate of drug-likeness (QED) is 0.510. The zero-order valence-electron chi connectivity index (χ0n) is 20.2. The first-order valence-corrected chi connectivity index (χ1v) is 12.5. The first kappa shape index (κ1) is 25.4. The topological polar surface area (TPSA) is 80.3 Å². The molecule has 0 saturated carbocycles. The lowest BCUT2D eigenvalue weighted by molar-refractivity contribution is -0.253. The van der Waals surface area contributed by atoms with E-state index in [1.165, 1.54) is 25.3 Å². The predicted molar refractivity (Wildman–Crippen MR) is 134 cm³/mol. The molecule has 7 nitrogen and oxygen atoms in total. The molecule has 0 aliphatic carbocycles. The van der Waals surface area contributed by atoms with Crippen LogP contribution in [0.5, 0.6) is 0 Å². The highest BCUT2D eigenvalue weighted by Gasteiger charge is 2.33. The summed E-state index contributed by atoms with van der Waals surface area (Å²) in [6, 6.07) is 15.9. The van der Waals surface area contributed by atoms with Gasteiger partial charge in [0, 0.05) is 25.1 Å². The maximum absolute atomic E-state index is 11.7. The summed E-state index contributed by atoms with van der Waals surface area (Å²) in [4.78, 5) is 14.2. The highest BCUT2D eigenvalue weighted by Crippen LogP contribution is 2.38. The number of likely N-dealkylation sites (tertiary alicyclic amines) is 1. The van der Waals surface area contributed by atoms with Crippen molar-refractivity contribution in [1.29, 1.82) is 0 Å². The van der Waals surface area contributed by atoms with Crippen LogP contribution in [0.15, 0.2) is 61.2 Å². The van der Waals surface area contributed by atoms with Gasteiger partial charge in [-0.05, 0) is 42.6 Å². The number of amides is 1. The summed E-state index contributed by atoms with van der Waals surface area (Å²) in [6.07, 6.45) is 5.16. The molecule has 3 atom stereocenters.